The fourth-order valence-corrected chi connectivity index (χ4v) is 3.55. The average Bonchev–Trinajstić information content (AvgIpc) is 2.67. The Morgan fingerprint density at radius 3 is 2.85 bits per heavy atom. The van der Waals surface area contributed by atoms with Gasteiger partial charge in [-0.3, -0.25) is 4.79 Å². The van der Waals surface area contributed by atoms with Gasteiger partial charge in [0.2, 0.25) is 0 Å². The third kappa shape index (κ3) is 5.46. The Hall–Kier alpha value is -2.06. The molecule has 1 fully saturated rings. The third-order valence-corrected chi connectivity index (χ3v) is 5.22. The van der Waals surface area contributed by atoms with Crippen LogP contribution in [0.3, 0.4) is 0 Å². The number of nitrogens with one attached hydrogen (secondary N) is 1. The molecule has 5 nitrogen and oxygen atoms in total. The molecule has 2 rings (SSSR count). The Labute approximate surface area is 163 Å². The number of rotatable bonds is 8. The standard InChI is InChI=1S/C22H32N2O3/c1-5-12-26-22(11-7-8-16(3)14-22)21(25)24-20-10-9-19(13-18(20)15-23)27-17(4)6-2/h9-10,13,16-17H,5-8,11-12,14H2,1-4H3,(H,24,25)/t16-,17+,22+/m1/s1. The van der Waals surface area contributed by atoms with Crippen molar-refractivity contribution in [2.24, 2.45) is 5.92 Å². The molecule has 0 radical (unpaired) electrons. The number of carbonyl (C=O) groups is 1. The van der Waals surface area contributed by atoms with Crippen LogP contribution in [0.25, 0.3) is 0 Å². The van der Waals surface area contributed by atoms with Gasteiger partial charge in [-0.25, -0.2) is 0 Å². The average molecular weight is 373 g/mol. The first-order valence-electron chi connectivity index (χ1n) is 10.1. The van der Waals surface area contributed by atoms with E-state index >= 15 is 0 Å². The molecular formula is C22H32N2O3. The minimum absolute atomic E-state index is 0.0754. The quantitative estimate of drug-likeness (QED) is 0.693. The Morgan fingerprint density at radius 2 is 2.22 bits per heavy atom. The van der Waals surface area contributed by atoms with Gasteiger partial charge in [0, 0.05) is 12.7 Å². The lowest BCUT2D eigenvalue weighted by molar-refractivity contribution is -0.148. The number of ether oxygens (including phenoxy) is 2. The Bertz CT molecular complexity index is 683. The van der Waals surface area contributed by atoms with Gasteiger partial charge in [-0.05, 0) is 57.1 Å². The second-order valence-corrected chi connectivity index (χ2v) is 7.65. The van der Waals surface area contributed by atoms with Gasteiger partial charge in [-0.1, -0.05) is 27.2 Å². The van der Waals surface area contributed by atoms with E-state index in [1.165, 1.54) is 0 Å². The van der Waals surface area contributed by atoms with Crippen LogP contribution in [0.1, 0.15) is 71.8 Å². The molecule has 0 heterocycles. The topological polar surface area (TPSA) is 71.3 Å². The number of amides is 1. The lowest BCUT2D eigenvalue weighted by atomic mass is 9.78. The van der Waals surface area contributed by atoms with Crippen LogP contribution >= 0.6 is 0 Å². The summed E-state index contributed by atoms with van der Waals surface area (Å²) in [4.78, 5) is 13.1. The fraction of sp³-hybridized carbons (Fsp3) is 0.636. The number of hydrogen-bond acceptors (Lipinski definition) is 4. The van der Waals surface area contributed by atoms with Crippen LogP contribution in [0.15, 0.2) is 18.2 Å². The first-order valence-corrected chi connectivity index (χ1v) is 10.1. The Kier molecular flexibility index (Phi) is 7.67. The minimum Gasteiger partial charge on any atom is -0.491 e. The summed E-state index contributed by atoms with van der Waals surface area (Å²) < 4.78 is 11.8. The Balaban J connectivity index is 2.20. The molecule has 0 saturated heterocycles. The van der Waals surface area contributed by atoms with E-state index in [-0.39, 0.29) is 12.0 Å². The molecule has 27 heavy (non-hydrogen) atoms. The second-order valence-electron chi connectivity index (χ2n) is 7.65. The van der Waals surface area contributed by atoms with Crippen molar-refractivity contribution in [3.8, 4) is 11.8 Å². The van der Waals surface area contributed by atoms with Crippen LogP contribution in [-0.2, 0) is 9.53 Å². The van der Waals surface area contributed by atoms with E-state index in [2.05, 4.69) is 18.3 Å². The number of anilines is 1. The van der Waals surface area contributed by atoms with Crippen LogP contribution in [0.4, 0.5) is 5.69 Å². The molecule has 3 atom stereocenters. The summed E-state index contributed by atoms with van der Waals surface area (Å²) in [5.74, 6) is 0.944. The van der Waals surface area contributed by atoms with Crippen LogP contribution < -0.4 is 10.1 Å². The summed E-state index contributed by atoms with van der Waals surface area (Å²) in [5.41, 5.74) is 0.113. The predicted molar refractivity (Wildman–Crippen MR) is 107 cm³/mol. The normalized spacial score (nSPS) is 23.3. The SMILES string of the molecule is CCCO[C@@]1(C(=O)Nc2ccc(O[C@@H](C)CC)cc2C#N)CCC[C@@H](C)C1. The highest BCUT2D eigenvalue weighted by Crippen LogP contribution is 2.37. The van der Waals surface area contributed by atoms with Gasteiger partial charge in [0.05, 0.1) is 17.4 Å². The molecule has 0 aromatic heterocycles. The van der Waals surface area contributed by atoms with Crippen molar-refractivity contribution in [1.82, 2.24) is 0 Å². The summed E-state index contributed by atoms with van der Waals surface area (Å²) in [6.07, 6.45) is 5.37. The van der Waals surface area contributed by atoms with E-state index in [9.17, 15) is 10.1 Å². The van der Waals surface area contributed by atoms with E-state index in [0.717, 1.165) is 38.5 Å². The smallest absolute Gasteiger partial charge is 0.256 e. The molecule has 1 aliphatic rings. The van der Waals surface area contributed by atoms with E-state index in [0.29, 0.717) is 29.5 Å². The van der Waals surface area contributed by atoms with Crippen molar-refractivity contribution in [3.05, 3.63) is 23.8 Å². The van der Waals surface area contributed by atoms with E-state index < -0.39 is 5.60 Å². The highest BCUT2D eigenvalue weighted by atomic mass is 16.5. The molecule has 1 aliphatic carbocycles. The van der Waals surface area contributed by atoms with Crippen molar-refractivity contribution in [1.29, 1.82) is 5.26 Å². The highest BCUT2D eigenvalue weighted by molar-refractivity contribution is 5.98. The van der Waals surface area contributed by atoms with Crippen molar-refractivity contribution in [2.45, 2.75) is 77.9 Å². The van der Waals surface area contributed by atoms with Crippen LogP contribution in [0, 0.1) is 17.2 Å². The molecule has 0 bridgehead atoms. The maximum Gasteiger partial charge on any atom is 0.256 e. The molecular weight excluding hydrogens is 340 g/mol. The molecule has 0 spiro atoms. The number of benzene rings is 1. The minimum atomic E-state index is -0.799. The van der Waals surface area contributed by atoms with Gasteiger partial charge in [0.25, 0.3) is 5.91 Å². The van der Waals surface area contributed by atoms with Crippen molar-refractivity contribution in [2.75, 3.05) is 11.9 Å². The lowest BCUT2D eigenvalue weighted by Crippen LogP contribution is -2.48. The second kappa shape index (κ2) is 9.75. The summed E-state index contributed by atoms with van der Waals surface area (Å²) in [7, 11) is 0. The zero-order valence-electron chi connectivity index (χ0n) is 17.0. The summed E-state index contributed by atoms with van der Waals surface area (Å²) in [6, 6.07) is 7.39. The number of nitrogens with zero attached hydrogens (tertiary/aromatic N) is 1. The van der Waals surface area contributed by atoms with Crippen LogP contribution in [-0.4, -0.2) is 24.2 Å². The summed E-state index contributed by atoms with van der Waals surface area (Å²) >= 11 is 0. The maximum absolute atomic E-state index is 13.1. The molecule has 1 aromatic rings. The maximum atomic E-state index is 13.1. The monoisotopic (exact) mass is 372 g/mol. The number of hydrogen-bond donors (Lipinski definition) is 1. The van der Waals surface area contributed by atoms with Crippen LogP contribution in [0.5, 0.6) is 5.75 Å². The van der Waals surface area contributed by atoms with Gasteiger partial charge >= 0.3 is 0 Å². The molecule has 1 amide bonds. The summed E-state index contributed by atoms with van der Waals surface area (Å²) in [6.45, 7) is 8.80. The summed E-state index contributed by atoms with van der Waals surface area (Å²) in [5, 5.41) is 12.5. The van der Waals surface area contributed by atoms with E-state index in [1.54, 1.807) is 18.2 Å². The first kappa shape index (κ1) is 21.2. The van der Waals surface area contributed by atoms with E-state index in [4.69, 9.17) is 9.47 Å². The highest BCUT2D eigenvalue weighted by Gasteiger charge is 2.43. The van der Waals surface area contributed by atoms with Crippen molar-refractivity contribution >= 4 is 11.6 Å². The third-order valence-electron chi connectivity index (χ3n) is 5.22. The predicted octanol–water partition coefficient (Wildman–Crippen LogP) is 5.05. The van der Waals surface area contributed by atoms with Gasteiger partial charge in [0.1, 0.15) is 17.4 Å². The molecule has 0 unspecified atom stereocenters. The zero-order chi connectivity index (χ0) is 19.9. The van der Waals surface area contributed by atoms with Crippen molar-refractivity contribution < 1.29 is 14.3 Å². The van der Waals surface area contributed by atoms with Gasteiger partial charge < -0.3 is 14.8 Å². The largest absolute Gasteiger partial charge is 0.491 e. The molecule has 0 aliphatic heterocycles. The molecule has 1 saturated carbocycles. The number of nitriles is 1. The van der Waals surface area contributed by atoms with Gasteiger partial charge in [-0.2, -0.15) is 5.26 Å². The number of carbonyl (C=O) groups excluding carboxylic acids is 1. The zero-order valence-corrected chi connectivity index (χ0v) is 17.0. The van der Waals surface area contributed by atoms with Gasteiger partial charge in [-0.15, -0.1) is 0 Å². The van der Waals surface area contributed by atoms with E-state index in [1.807, 2.05) is 20.8 Å². The molecule has 1 aromatic carbocycles. The first-order chi connectivity index (χ1) is 12.9. The molecule has 1 N–H and O–H groups in total. The van der Waals surface area contributed by atoms with Gasteiger partial charge in [0.15, 0.2) is 0 Å². The molecule has 148 valence electrons. The lowest BCUT2D eigenvalue weighted by Gasteiger charge is -2.38. The fourth-order valence-electron chi connectivity index (χ4n) is 3.55. The van der Waals surface area contributed by atoms with Crippen molar-refractivity contribution in [3.63, 3.8) is 0 Å². The Morgan fingerprint density at radius 1 is 1.44 bits per heavy atom. The molecule has 5 heteroatoms. The van der Waals surface area contributed by atoms with Crippen LogP contribution in [0.2, 0.25) is 0 Å².